The summed E-state index contributed by atoms with van der Waals surface area (Å²) in [5.74, 6) is 0.0390. The highest BCUT2D eigenvalue weighted by Crippen LogP contribution is 2.22. The first kappa shape index (κ1) is 10.6. The van der Waals surface area contributed by atoms with Gasteiger partial charge < -0.3 is 0 Å². The van der Waals surface area contributed by atoms with Crippen molar-refractivity contribution in [2.24, 2.45) is 0 Å². The normalized spacial score (nSPS) is 10.8. The third-order valence-corrected chi connectivity index (χ3v) is 4.07. The van der Waals surface area contributed by atoms with E-state index in [0.717, 1.165) is 15.9 Å². The fourth-order valence-electron chi connectivity index (χ4n) is 1.56. The van der Waals surface area contributed by atoms with Crippen LogP contribution in [0, 0.1) is 0 Å². The van der Waals surface area contributed by atoms with Gasteiger partial charge in [-0.15, -0.1) is 22.7 Å². The first-order valence-electron chi connectivity index (χ1n) is 5.09. The van der Waals surface area contributed by atoms with Gasteiger partial charge in [0.2, 0.25) is 0 Å². The Morgan fingerprint density at radius 1 is 1.29 bits per heavy atom. The van der Waals surface area contributed by atoms with E-state index in [1.807, 2.05) is 29.6 Å². The molecule has 0 fully saturated rings. The van der Waals surface area contributed by atoms with Crippen LogP contribution in [0.1, 0.15) is 15.5 Å². The number of aromatic nitrogens is 2. The number of thiazole rings is 2. The summed E-state index contributed by atoms with van der Waals surface area (Å²) in [6.45, 7) is 0. The van der Waals surface area contributed by atoms with Crippen LogP contribution in [0.4, 0.5) is 0 Å². The van der Waals surface area contributed by atoms with Gasteiger partial charge in [-0.3, -0.25) is 4.79 Å². The molecule has 2 heterocycles. The summed E-state index contributed by atoms with van der Waals surface area (Å²) in [6.07, 6.45) is 0.337. The van der Waals surface area contributed by atoms with Crippen molar-refractivity contribution in [3.05, 3.63) is 45.9 Å². The molecule has 5 heteroatoms. The zero-order chi connectivity index (χ0) is 11.7. The number of hydrogen-bond acceptors (Lipinski definition) is 5. The molecule has 0 unspecified atom stereocenters. The molecule has 1 aromatic carbocycles. The molecule has 0 aliphatic carbocycles. The highest BCUT2D eigenvalue weighted by Gasteiger charge is 2.13. The van der Waals surface area contributed by atoms with E-state index in [-0.39, 0.29) is 5.78 Å². The monoisotopic (exact) mass is 260 g/mol. The number of rotatable bonds is 3. The summed E-state index contributed by atoms with van der Waals surface area (Å²) in [7, 11) is 0. The smallest absolute Gasteiger partial charge is 0.197 e. The predicted octanol–water partition coefficient (Wildman–Crippen LogP) is 3.18. The standard InChI is InChI=1S/C12H8N2OS2/c15-10(5-8-6-16-7-13-8)12-14-9-3-1-2-4-11(9)17-12/h1-4,6-7H,5H2. The van der Waals surface area contributed by atoms with Gasteiger partial charge in [0.25, 0.3) is 0 Å². The Morgan fingerprint density at radius 3 is 2.94 bits per heavy atom. The van der Waals surface area contributed by atoms with E-state index in [9.17, 15) is 4.79 Å². The van der Waals surface area contributed by atoms with E-state index >= 15 is 0 Å². The van der Waals surface area contributed by atoms with Crippen LogP contribution in [0.3, 0.4) is 0 Å². The van der Waals surface area contributed by atoms with E-state index < -0.39 is 0 Å². The number of fused-ring (bicyclic) bond motifs is 1. The van der Waals surface area contributed by atoms with Crippen LogP contribution in [-0.4, -0.2) is 15.8 Å². The molecule has 0 spiro atoms. The Labute approximate surface area is 106 Å². The van der Waals surface area contributed by atoms with Crippen LogP contribution in [0.15, 0.2) is 35.2 Å². The Kier molecular flexibility index (Phi) is 2.70. The summed E-state index contributed by atoms with van der Waals surface area (Å²) in [5, 5.41) is 2.46. The number of Topliss-reactive ketones (excluding diaryl/α,β-unsaturated/α-hetero) is 1. The molecular weight excluding hydrogens is 252 g/mol. The molecule has 2 aromatic heterocycles. The number of nitrogens with zero attached hydrogens (tertiary/aromatic N) is 2. The number of hydrogen-bond donors (Lipinski definition) is 0. The molecule has 3 rings (SSSR count). The third kappa shape index (κ3) is 2.11. The third-order valence-electron chi connectivity index (χ3n) is 2.36. The second kappa shape index (κ2) is 4.35. The molecule has 0 aliphatic heterocycles. The molecule has 0 atom stereocenters. The lowest BCUT2D eigenvalue weighted by molar-refractivity contribution is 0.0992. The zero-order valence-electron chi connectivity index (χ0n) is 8.79. The lowest BCUT2D eigenvalue weighted by Gasteiger charge is -1.91. The van der Waals surface area contributed by atoms with E-state index in [2.05, 4.69) is 9.97 Å². The first-order valence-corrected chi connectivity index (χ1v) is 6.85. The minimum absolute atomic E-state index is 0.0390. The number of carbonyl (C=O) groups is 1. The molecule has 17 heavy (non-hydrogen) atoms. The molecule has 84 valence electrons. The van der Waals surface area contributed by atoms with Crippen LogP contribution in [0.25, 0.3) is 10.2 Å². The lowest BCUT2D eigenvalue weighted by Crippen LogP contribution is -2.02. The molecule has 3 aromatic rings. The lowest BCUT2D eigenvalue weighted by atomic mass is 10.2. The highest BCUT2D eigenvalue weighted by atomic mass is 32.1. The van der Waals surface area contributed by atoms with Gasteiger partial charge in [0.05, 0.1) is 27.8 Å². The second-order valence-corrected chi connectivity index (χ2v) is 5.32. The number of para-hydroxylation sites is 1. The average Bonchev–Trinajstić information content (AvgIpc) is 2.96. The maximum atomic E-state index is 12.0. The highest BCUT2D eigenvalue weighted by molar-refractivity contribution is 7.20. The van der Waals surface area contributed by atoms with Gasteiger partial charge in [-0.25, -0.2) is 9.97 Å². The molecule has 0 saturated heterocycles. The second-order valence-electron chi connectivity index (χ2n) is 3.57. The van der Waals surface area contributed by atoms with Crippen molar-refractivity contribution >= 4 is 38.7 Å². The number of ketones is 1. The minimum atomic E-state index is 0.0390. The predicted molar refractivity (Wildman–Crippen MR) is 69.8 cm³/mol. The summed E-state index contributed by atoms with van der Waals surface area (Å²) >= 11 is 2.94. The van der Waals surface area contributed by atoms with Gasteiger partial charge in [0.1, 0.15) is 0 Å². The topological polar surface area (TPSA) is 42.9 Å². The van der Waals surface area contributed by atoms with Crippen LogP contribution in [0.2, 0.25) is 0 Å². The van der Waals surface area contributed by atoms with Gasteiger partial charge in [-0.05, 0) is 12.1 Å². The fourth-order valence-corrected chi connectivity index (χ4v) is 3.02. The Balaban J connectivity index is 1.90. The summed E-state index contributed by atoms with van der Waals surface area (Å²) in [6, 6.07) is 7.78. The van der Waals surface area contributed by atoms with E-state index in [1.165, 1.54) is 22.7 Å². The SMILES string of the molecule is O=C(Cc1cscn1)c1nc2ccccc2s1. The Hall–Kier alpha value is -1.59. The maximum absolute atomic E-state index is 12.0. The summed E-state index contributed by atoms with van der Waals surface area (Å²) in [4.78, 5) is 20.4. The Bertz CT molecular complexity index is 625. The van der Waals surface area contributed by atoms with Crippen LogP contribution < -0.4 is 0 Å². The van der Waals surface area contributed by atoms with Crippen LogP contribution >= 0.6 is 22.7 Å². The van der Waals surface area contributed by atoms with Gasteiger partial charge in [-0.2, -0.15) is 0 Å². The van der Waals surface area contributed by atoms with Crippen molar-refractivity contribution in [2.45, 2.75) is 6.42 Å². The molecular formula is C12H8N2OS2. The maximum Gasteiger partial charge on any atom is 0.197 e. The largest absolute Gasteiger partial charge is 0.291 e. The number of benzene rings is 1. The average molecular weight is 260 g/mol. The van der Waals surface area contributed by atoms with Crippen molar-refractivity contribution in [1.82, 2.24) is 9.97 Å². The molecule has 0 bridgehead atoms. The van der Waals surface area contributed by atoms with Crippen molar-refractivity contribution < 1.29 is 4.79 Å². The minimum Gasteiger partial charge on any atom is -0.291 e. The van der Waals surface area contributed by atoms with Gasteiger partial charge >= 0.3 is 0 Å². The first-order chi connectivity index (χ1) is 8.33. The molecule has 0 amide bonds. The fraction of sp³-hybridized carbons (Fsp3) is 0.0833. The molecule has 0 aliphatic rings. The van der Waals surface area contributed by atoms with E-state index in [4.69, 9.17) is 0 Å². The van der Waals surface area contributed by atoms with Gasteiger partial charge in [0, 0.05) is 5.38 Å². The van der Waals surface area contributed by atoms with E-state index in [0.29, 0.717) is 11.4 Å². The molecule has 0 saturated carbocycles. The summed E-state index contributed by atoms with van der Waals surface area (Å²) < 4.78 is 1.05. The van der Waals surface area contributed by atoms with E-state index in [1.54, 1.807) is 5.51 Å². The zero-order valence-corrected chi connectivity index (χ0v) is 10.4. The van der Waals surface area contributed by atoms with Gasteiger partial charge in [-0.1, -0.05) is 12.1 Å². The quantitative estimate of drug-likeness (QED) is 0.679. The molecule has 0 radical (unpaired) electrons. The van der Waals surface area contributed by atoms with Crippen molar-refractivity contribution in [3.63, 3.8) is 0 Å². The molecule has 3 nitrogen and oxygen atoms in total. The molecule has 0 N–H and O–H groups in total. The van der Waals surface area contributed by atoms with Crippen LogP contribution in [0.5, 0.6) is 0 Å². The Morgan fingerprint density at radius 2 is 2.18 bits per heavy atom. The van der Waals surface area contributed by atoms with Crippen LogP contribution in [-0.2, 0) is 6.42 Å². The summed E-state index contributed by atoms with van der Waals surface area (Å²) in [5.41, 5.74) is 3.44. The number of carbonyl (C=O) groups excluding carboxylic acids is 1. The van der Waals surface area contributed by atoms with Crippen molar-refractivity contribution in [2.75, 3.05) is 0 Å². The van der Waals surface area contributed by atoms with Crippen molar-refractivity contribution in [1.29, 1.82) is 0 Å². The van der Waals surface area contributed by atoms with Crippen molar-refractivity contribution in [3.8, 4) is 0 Å². The van der Waals surface area contributed by atoms with Gasteiger partial charge in [0.15, 0.2) is 10.8 Å².